The number of aromatic hydroxyl groups is 1. The number of aliphatic hydroxyl groups is 1. The fraction of sp³-hybridized carbons (Fsp3) is 0.682. The van der Waals surface area contributed by atoms with Gasteiger partial charge in [0.05, 0.1) is 6.54 Å². The van der Waals surface area contributed by atoms with E-state index in [1.807, 2.05) is 6.07 Å². The molecule has 4 N–H and O–H groups in total. The van der Waals surface area contributed by atoms with Gasteiger partial charge in [-0.15, -0.1) is 0 Å². The lowest BCUT2D eigenvalue weighted by atomic mass is 9.88. The highest BCUT2D eigenvalue weighted by Crippen LogP contribution is 2.31. The third-order valence-electron chi connectivity index (χ3n) is 5.27. The largest absolute Gasteiger partial charge is 0.508 e. The van der Waals surface area contributed by atoms with Crippen LogP contribution in [0.15, 0.2) is 17.1 Å². The van der Waals surface area contributed by atoms with E-state index < -0.39 is 0 Å². The highest BCUT2D eigenvalue weighted by Gasteiger charge is 2.16. The highest BCUT2D eigenvalue weighted by atomic mass is 16.3. The van der Waals surface area contributed by atoms with Crippen LogP contribution < -0.4 is 10.6 Å². The predicted molar refractivity (Wildman–Crippen MR) is 112 cm³/mol. The van der Waals surface area contributed by atoms with Gasteiger partial charge in [0.1, 0.15) is 5.75 Å². The molecule has 5 heteroatoms. The summed E-state index contributed by atoms with van der Waals surface area (Å²) in [6.45, 7) is 8.77. The molecule has 1 aromatic rings. The molecule has 1 aliphatic carbocycles. The van der Waals surface area contributed by atoms with Gasteiger partial charge in [-0.3, -0.25) is 0 Å². The Balaban J connectivity index is 2.07. The number of aliphatic hydroxyl groups excluding tert-OH is 1. The SMILES string of the molecule is CCNC(=NCc1c(O)ccc2c1CCCC2)NCC(CCO)CC(C)C. The lowest BCUT2D eigenvalue weighted by molar-refractivity contribution is 0.243. The molecule has 0 aromatic heterocycles. The van der Waals surface area contributed by atoms with Crippen LogP contribution in [0.1, 0.15) is 63.1 Å². The Morgan fingerprint density at radius 1 is 1.19 bits per heavy atom. The van der Waals surface area contributed by atoms with Crippen LogP contribution in [0.3, 0.4) is 0 Å². The smallest absolute Gasteiger partial charge is 0.191 e. The Labute approximate surface area is 164 Å². The Bertz CT molecular complexity index is 614. The van der Waals surface area contributed by atoms with E-state index in [1.54, 1.807) is 0 Å². The van der Waals surface area contributed by atoms with E-state index in [1.165, 1.54) is 24.0 Å². The average molecular weight is 376 g/mol. The van der Waals surface area contributed by atoms with Crippen LogP contribution in [0.4, 0.5) is 0 Å². The number of hydrogen-bond donors (Lipinski definition) is 4. The molecule has 0 radical (unpaired) electrons. The third kappa shape index (κ3) is 6.73. The Morgan fingerprint density at radius 2 is 1.96 bits per heavy atom. The van der Waals surface area contributed by atoms with E-state index in [9.17, 15) is 10.2 Å². The number of aliphatic imine (C=N–C) groups is 1. The van der Waals surface area contributed by atoms with Crippen molar-refractivity contribution in [2.75, 3.05) is 19.7 Å². The first-order valence-corrected chi connectivity index (χ1v) is 10.5. The zero-order valence-electron chi connectivity index (χ0n) is 17.2. The number of phenolic OH excluding ortho intramolecular Hbond substituents is 1. The highest BCUT2D eigenvalue weighted by molar-refractivity contribution is 5.79. The number of guanidine groups is 1. The minimum absolute atomic E-state index is 0.219. The summed E-state index contributed by atoms with van der Waals surface area (Å²) in [5, 5.41) is 26.4. The second-order valence-corrected chi connectivity index (χ2v) is 7.99. The summed E-state index contributed by atoms with van der Waals surface area (Å²) in [5.74, 6) is 2.16. The summed E-state index contributed by atoms with van der Waals surface area (Å²) in [7, 11) is 0. The summed E-state index contributed by atoms with van der Waals surface area (Å²) in [6.07, 6.45) is 6.43. The number of benzene rings is 1. The maximum Gasteiger partial charge on any atom is 0.191 e. The van der Waals surface area contributed by atoms with Crippen LogP contribution in [0.25, 0.3) is 0 Å². The zero-order chi connectivity index (χ0) is 19.6. The summed E-state index contributed by atoms with van der Waals surface area (Å²) in [4.78, 5) is 4.74. The first kappa shape index (κ1) is 21.5. The summed E-state index contributed by atoms with van der Waals surface area (Å²) >= 11 is 0. The van der Waals surface area contributed by atoms with Gasteiger partial charge >= 0.3 is 0 Å². The Kier molecular flexibility index (Phi) is 8.92. The number of fused-ring (bicyclic) bond motifs is 1. The van der Waals surface area contributed by atoms with E-state index in [2.05, 4.69) is 37.5 Å². The standard InChI is InChI=1S/C22H37N3O2/c1-4-23-22(24-14-17(11-12-26)13-16(2)3)25-15-20-19-8-6-5-7-18(19)9-10-21(20)27/h9-10,16-17,26-27H,4-8,11-15H2,1-3H3,(H2,23,24,25). The van der Waals surface area contributed by atoms with E-state index in [0.717, 1.165) is 50.3 Å². The second-order valence-electron chi connectivity index (χ2n) is 7.99. The van der Waals surface area contributed by atoms with E-state index >= 15 is 0 Å². The number of rotatable bonds is 9. The van der Waals surface area contributed by atoms with Gasteiger partial charge in [0.2, 0.25) is 0 Å². The minimum Gasteiger partial charge on any atom is -0.508 e. The van der Waals surface area contributed by atoms with E-state index in [-0.39, 0.29) is 6.61 Å². The van der Waals surface area contributed by atoms with Crippen molar-refractivity contribution < 1.29 is 10.2 Å². The molecule has 0 amide bonds. The number of hydrogen-bond acceptors (Lipinski definition) is 3. The molecule has 152 valence electrons. The molecule has 2 rings (SSSR count). The van der Waals surface area contributed by atoms with Crippen LogP contribution >= 0.6 is 0 Å². The molecule has 0 saturated carbocycles. The zero-order valence-corrected chi connectivity index (χ0v) is 17.2. The number of aryl methyl sites for hydroxylation is 1. The van der Waals surface area contributed by atoms with Crippen LogP contribution in [-0.2, 0) is 19.4 Å². The van der Waals surface area contributed by atoms with Gasteiger partial charge in [0.15, 0.2) is 5.96 Å². The van der Waals surface area contributed by atoms with Gasteiger partial charge in [-0.05, 0) is 74.5 Å². The molecule has 5 nitrogen and oxygen atoms in total. The average Bonchev–Trinajstić information content (AvgIpc) is 2.64. The van der Waals surface area contributed by atoms with Crippen molar-refractivity contribution in [1.82, 2.24) is 10.6 Å². The molecule has 1 aliphatic rings. The monoisotopic (exact) mass is 375 g/mol. The van der Waals surface area contributed by atoms with Crippen LogP contribution in [-0.4, -0.2) is 35.9 Å². The molecule has 1 atom stereocenters. The molecular formula is C22H37N3O2. The topological polar surface area (TPSA) is 76.9 Å². The van der Waals surface area contributed by atoms with Crippen molar-refractivity contribution in [2.24, 2.45) is 16.8 Å². The van der Waals surface area contributed by atoms with Gasteiger partial charge in [-0.1, -0.05) is 19.9 Å². The quantitative estimate of drug-likeness (QED) is 0.394. The maximum atomic E-state index is 10.4. The van der Waals surface area contributed by atoms with Gasteiger partial charge < -0.3 is 20.8 Å². The molecule has 27 heavy (non-hydrogen) atoms. The summed E-state index contributed by atoms with van der Waals surface area (Å²) in [5.41, 5.74) is 3.62. The van der Waals surface area contributed by atoms with Crippen molar-refractivity contribution >= 4 is 5.96 Å². The Hall–Kier alpha value is -1.75. The van der Waals surface area contributed by atoms with Crippen molar-refractivity contribution in [1.29, 1.82) is 0 Å². The van der Waals surface area contributed by atoms with Crippen LogP contribution in [0.2, 0.25) is 0 Å². The lowest BCUT2D eigenvalue weighted by Gasteiger charge is -2.21. The fourth-order valence-electron chi connectivity index (χ4n) is 3.96. The van der Waals surface area contributed by atoms with Crippen molar-refractivity contribution in [3.63, 3.8) is 0 Å². The van der Waals surface area contributed by atoms with Gasteiger partial charge in [-0.2, -0.15) is 0 Å². The number of phenols is 1. The number of nitrogens with one attached hydrogen (secondary N) is 2. The van der Waals surface area contributed by atoms with E-state index in [4.69, 9.17) is 4.99 Å². The first-order chi connectivity index (χ1) is 13.0. The summed E-state index contributed by atoms with van der Waals surface area (Å²) in [6, 6.07) is 3.88. The van der Waals surface area contributed by atoms with Gasteiger partial charge in [-0.25, -0.2) is 4.99 Å². The fourth-order valence-corrected chi connectivity index (χ4v) is 3.96. The number of nitrogens with zero attached hydrogens (tertiary/aromatic N) is 1. The van der Waals surface area contributed by atoms with Crippen LogP contribution in [0.5, 0.6) is 5.75 Å². The first-order valence-electron chi connectivity index (χ1n) is 10.5. The predicted octanol–water partition coefficient (Wildman–Crippen LogP) is 3.37. The van der Waals surface area contributed by atoms with Gasteiger partial charge in [0.25, 0.3) is 0 Å². The van der Waals surface area contributed by atoms with Crippen molar-refractivity contribution in [2.45, 2.75) is 65.8 Å². The third-order valence-corrected chi connectivity index (χ3v) is 5.27. The molecule has 1 aromatic carbocycles. The molecule has 0 heterocycles. The summed E-state index contributed by atoms with van der Waals surface area (Å²) < 4.78 is 0. The molecule has 0 saturated heterocycles. The molecule has 0 fully saturated rings. The Morgan fingerprint density at radius 3 is 2.67 bits per heavy atom. The molecule has 0 bridgehead atoms. The molecular weight excluding hydrogens is 338 g/mol. The van der Waals surface area contributed by atoms with Gasteiger partial charge in [0, 0.05) is 25.3 Å². The molecule has 0 spiro atoms. The molecule has 0 aliphatic heterocycles. The second kappa shape index (κ2) is 11.2. The van der Waals surface area contributed by atoms with Crippen molar-refractivity contribution in [3.05, 3.63) is 28.8 Å². The normalized spacial score (nSPS) is 15.5. The van der Waals surface area contributed by atoms with Crippen molar-refractivity contribution in [3.8, 4) is 5.75 Å². The lowest BCUT2D eigenvalue weighted by Crippen LogP contribution is -2.40. The van der Waals surface area contributed by atoms with E-state index in [0.29, 0.717) is 24.1 Å². The van der Waals surface area contributed by atoms with Crippen LogP contribution in [0, 0.1) is 11.8 Å². The minimum atomic E-state index is 0.219. The molecule has 1 unspecified atom stereocenters. The maximum absolute atomic E-state index is 10.4.